The van der Waals surface area contributed by atoms with Crippen molar-refractivity contribution < 1.29 is 50.5 Å². The van der Waals surface area contributed by atoms with Crippen LogP contribution in [0.1, 0.15) is 78.4 Å². The summed E-state index contributed by atoms with van der Waals surface area (Å²) in [5.74, 6) is -2.46. The molecule has 2 amide bonds. The van der Waals surface area contributed by atoms with Crippen molar-refractivity contribution in [3.8, 4) is 29.3 Å². The topological polar surface area (TPSA) is 163 Å². The number of nitrogens with one attached hydrogen (secondary N) is 1. The molecule has 1 N–H and O–H groups in total. The zero-order chi connectivity index (χ0) is 43.5. The summed E-state index contributed by atoms with van der Waals surface area (Å²) in [6.07, 6.45) is -5.06. The van der Waals surface area contributed by atoms with Gasteiger partial charge in [0.15, 0.2) is 5.82 Å². The number of ether oxygens (including phenoxy) is 4. The molecule has 2 aromatic heterocycles. The number of anilines is 2. The van der Waals surface area contributed by atoms with Crippen LogP contribution < -0.4 is 15.0 Å². The maximum Gasteiger partial charge on any atom is 0.417 e. The molecule has 4 aromatic rings. The van der Waals surface area contributed by atoms with E-state index in [4.69, 9.17) is 18.9 Å². The molecule has 3 aliphatic heterocycles. The fourth-order valence-electron chi connectivity index (χ4n) is 7.98. The molecule has 3 aliphatic rings. The molecule has 3 unspecified atom stereocenters. The van der Waals surface area contributed by atoms with E-state index in [-0.39, 0.29) is 65.0 Å². The van der Waals surface area contributed by atoms with Crippen molar-refractivity contribution >= 4 is 55.3 Å². The summed E-state index contributed by atoms with van der Waals surface area (Å²) in [5, 5.41) is 21.3. The summed E-state index contributed by atoms with van der Waals surface area (Å²) in [7, 11) is 0. The summed E-state index contributed by atoms with van der Waals surface area (Å²) in [5.41, 5.74) is -6.41. The first-order valence-corrected chi connectivity index (χ1v) is 20.0. The molecule has 318 valence electrons. The zero-order valence-corrected chi connectivity index (χ0v) is 34.5. The lowest BCUT2D eigenvalue weighted by molar-refractivity contribution is -0.137. The molecular weight excluding hydrogens is 814 g/mol. The van der Waals surface area contributed by atoms with Crippen LogP contribution in [0.4, 0.5) is 42.4 Å². The molecule has 0 saturated carbocycles. The van der Waals surface area contributed by atoms with Gasteiger partial charge in [-0.1, -0.05) is 6.07 Å². The van der Waals surface area contributed by atoms with Crippen molar-refractivity contribution in [3.05, 3.63) is 41.0 Å². The van der Waals surface area contributed by atoms with Crippen LogP contribution in [0.3, 0.4) is 0 Å². The average Bonchev–Trinajstić information content (AvgIpc) is 3.83. The Morgan fingerprint density at radius 3 is 2.30 bits per heavy atom. The molecule has 5 heterocycles. The smallest absolute Gasteiger partial charge is 0.417 e. The molecule has 13 nitrogen and oxygen atoms in total. The predicted octanol–water partition coefficient (Wildman–Crippen LogP) is 9.31. The Balaban J connectivity index is 1.41. The van der Waals surface area contributed by atoms with Gasteiger partial charge in [0.1, 0.15) is 46.0 Å². The zero-order valence-electron chi connectivity index (χ0n) is 33.7. The number of halogens is 5. The Morgan fingerprint density at radius 2 is 1.72 bits per heavy atom. The summed E-state index contributed by atoms with van der Waals surface area (Å²) in [4.78, 5) is 38.2. The van der Waals surface area contributed by atoms with Crippen LogP contribution in [-0.2, 0) is 20.4 Å². The highest BCUT2D eigenvalue weighted by Crippen LogP contribution is 2.49. The highest BCUT2D eigenvalue weighted by Gasteiger charge is 2.46. The van der Waals surface area contributed by atoms with E-state index in [0.717, 1.165) is 18.2 Å². The van der Waals surface area contributed by atoms with Crippen molar-refractivity contribution in [2.45, 2.75) is 96.7 Å². The average molecular weight is 856 g/mol. The van der Waals surface area contributed by atoms with Crippen LogP contribution >= 0.6 is 11.3 Å². The Labute approximate surface area is 345 Å². The van der Waals surface area contributed by atoms with Gasteiger partial charge in [0, 0.05) is 47.9 Å². The first-order valence-electron chi connectivity index (χ1n) is 19.2. The first kappa shape index (κ1) is 42.6. The second kappa shape index (κ2) is 15.5. The number of thiophene rings is 1. The van der Waals surface area contributed by atoms with Gasteiger partial charge in [0.25, 0.3) is 0 Å². The summed E-state index contributed by atoms with van der Waals surface area (Å²) < 4.78 is 101. The van der Waals surface area contributed by atoms with Gasteiger partial charge in [-0.25, -0.2) is 18.4 Å². The molecule has 0 spiro atoms. The van der Waals surface area contributed by atoms with Gasteiger partial charge in [-0.15, -0.1) is 11.3 Å². The summed E-state index contributed by atoms with van der Waals surface area (Å²) in [6.45, 7) is 10.7. The van der Waals surface area contributed by atoms with E-state index in [1.807, 2.05) is 6.07 Å². The van der Waals surface area contributed by atoms with Crippen molar-refractivity contribution in [1.29, 1.82) is 10.5 Å². The number of nitriles is 2. The summed E-state index contributed by atoms with van der Waals surface area (Å²) in [6, 6.07) is 5.30. The molecule has 3 atom stereocenters. The number of carbonyl (C=O) groups is 2. The lowest BCUT2D eigenvalue weighted by Gasteiger charge is -2.42. The van der Waals surface area contributed by atoms with E-state index < -0.39 is 86.5 Å². The van der Waals surface area contributed by atoms with Gasteiger partial charge >= 0.3 is 24.4 Å². The standard InChI is InChI=1S/C41H42F5N7O6S/c1-38(2,3)58-36(54)51-34-25(16-48)28-23(9-10-27(42)32(28)60-34)29-26(41(44,45)46)15-24-31(30(29)43)49-35(57-20-40(11-13-47)12-14-56-19-40)50-33(24)52-17-21-7-8-22(18-52)53(21)37(55)59-39(4,5)6/h9-10,15,21-22H,7-8,11-12,14,17-20H2,1-6H3,(H,51,54). The number of fused-ring (bicyclic) bond motifs is 4. The van der Waals surface area contributed by atoms with E-state index in [1.54, 1.807) is 51.3 Å². The third-order valence-corrected chi connectivity index (χ3v) is 11.6. The first-order chi connectivity index (χ1) is 28.1. The van der Waals surface area contributed by atoms with E-state index >= 15 is 22.0 Å². The third kappa shape index (κ3) is 8.29. The number of rotatable bonds is 7. The predicted molar refractivity (Wildman–Crippen MR) is 211 cm³/mol. The number of alkyl halides is 3. The maximum absolute atomic E-state index is 17.5. The molecule has 60 heavy (non-hydrogen) atoms. The summed E-state index contributed by atoms with van der Waals surface area (Å²) >= 11 is 0.583. The van der Waals surface area contributed by atoms with Gasteiger partial charge in [0.2, 0.25) is 0 Å². The van der Waals surface area contributed by atoms with Gasteiger partial charge in [-0.05, 0) is 78.5 Å². The van der Waals surface area contributed by atoms with Crippen LogP contribution in [0.25, 0.3) is 32.1 Å². The number of carbonyl (C=O) groups excluding carboxylic acids is 2. The maximum atomic E-state index is 17.5. The number of aromatic nitrogens is 2. The molecule has 0 aliphatic carbocycles. The van der Waals surface area contributed by atoms with E-state index in [1.165, 1.54) is 0 Å². The van der Waals surface area contributed by atoms with Crippen LogP contribution in [0.2, 0.25) is 0 Å². The van der Waals surface area contributed by atoms with E-state index in [0.29, 0.717) is 37.2 Å². The molecule has 19 heteroatoms. The fraction of sp³-hybridized carbons (Fsp3) is 0.512. The van der Waals surface area contributed by atoms with E-state index in [9.17, 15) is 20.1 Å². The van der Waals surface area contributed by atoms with Gasteiger partial charge < -0.3 is 23.8 Å². The monoisotopic (exact) mass is 855 g/mol. The molecule has 0 radical (unpaired) electrons. The Morgan fingerprint density at radius 1 is 1.03 bits per heavy atom. The van der Waals surface area contributed by atoms with Gasteiger partial charge in [0.05, 0.1) is 40.6 Å². The quantitative estimate of drug-likeness (QED) is 0.176. The number of piperazine rings is 1. The number of benzene rings is 2. The normalized spacial score (nSPS) is 20.6. The Kier molecular flexibility index (Phi) is 11.0. The van der Waals surface area contributed by atoms with Gasteiger partial charge in [-0.3, -0.25) is 10.2 Å². The van der Waals surface area contributed by atoms with Crippen molar-refractivity contribution in [2.24, 2.45) is 5.41 Å². The highest BCUT2D eigenvalue weighted by atomic mass is 32.1. The lowest BCUT2D eigenvalue weighted by Crippen LogP contribution is -2.57. The lowest BCUT2D eigenvalue weighted by atomic mass is 9.85. The second-order valence-electron chi connectivity index (χ2n) is 17.3. The van der Waals surface area contributed by atoms with Gasteiger partial charge in [-0.2, -0.15) is 33.7 Å². The van der Waals surface area contributed by atoms with Crippen LogP contribution in [0, 0.1) is 39.7 Å². The minimum atomic E-state index is -5.21. The Hall–Kier alpha value is -5.53. The highest BCUT2D eigenvalue weighted by molar-refractivity contribution is 7.23. The van der Waals surface area contributed by atoms with E-state index in [2.05, 4.69) is 21.4 Å². The molecule has 2 aromatic carbocycles. The minimum absolute atomic E-state index is 0.0596. The van der Waals surface area contributed by atoms with Crippen LogP contribution in [0.5, 0.6) is 6.01 Å². The van der Waals surface area contributed by atoms with Crippen molar-refractivity contribution in [3.63, 3.8) is 0 Å². The molecule has 3 fully saturated rings. The number of hydrogen-bond donors (Lipinski definition) is 1. The SMILES string of the molecule is CC(C)(C)OC(=O)Nc1sc2c(F)ccc(-c3c(C(F)(F)F)cc4c(N5CC6CCC(C5)N6C(=O)OC(C)(C)C)nc(OCC5(CC#N)CCOC5)nc4c3F)c2c1C#N. The minimum Gasteiger partial charge on any atom is -0.463 e. The van der Waals surface area contributed by atoms with Crippen molar-refractivity contribution in [1.82, 2.24) is 14.9 Å². The molecule has 3 saturated heterocycles. The van der Waals surface area contributed by atoms with Crippen molar-refractivity contribution in [2.75, 3.05) is 43.1 Å². The second-order valence-corrected chi connectivity index (χ2v) is 18.3. The number of amides is 2. The van der Waals surface area contributed by atoms with Crippen LogP contribution in [0.15, 0.2) is 18.2 Å². The number of hydrogen-bond acceptors (Lipinski definition) is 12. The molecular formula is C41H42F5N7O6S. The fourth-order valence-corrected chi connectivity index (χ4v) is 9.05. The molecule has 7 rings (SSSR count). The van der Waals surface area contributed by atoms with Crippen LogP contribution in [-0.4, -0.2) is 83.3 Å². The largest absolute Gasteiger partial charge is 0.463 e. The Bertz CT molecular complexity index is 2450. The third-order valence-electron chi connectivity index (χ3n) is 10.5. The number of nitrogens with zero attached hydrogens (tertiary/aromatic N) is 6. The molecule has 2 bridgehead atoms.